The molecule has 0 saturated heterocycles. The molecule has 0 radical (unpaired) electrons. The smallest absolute Gasteiger partial charge is 0.326 e. The van der Waals surface area contributed by atoms with Crippen molar-refractivity contribution in [3.05, 3.63) is 0 Å². The molecule has 0 aromatic carbocycles. The van der Waals surface area contributed by atoms with E-state index in [1.165, 1.54) is 6.92 Å². The largest absolute Gasteiger partial charge is 0.481 e. The van der Waals surface area contributed by atoms with Crippen LogP contribution in [0.25, 0.3) is 0 Å². The molecule has 0 heterocycles. The van der Waals surface area contributed by atoms with Gasteiger partial charge in [0.25, 0.3) is 0 Å². The fourth-order valence-corrected chi connectivity index (χ4v) is 3.49. The zero-order valence-corrected chi connectivity index (χ0v) is 23.3. The van der Waals surface area contributed by atoms with Crippen LogP contribution in [0.5, 0.6) is 0 Å². The molecule has 230 valence electrons. The average molecular weight is 577 g/mol. The number of nitrogens with one attached hydrogen (secondary N) is 4. The minimum absolute atomic E-state index is 0.148. The van der Waals surface area contributed by atoms with Gasteiger partial charge in [0, 0.05) is 0 Å². The van der Waals surface area contributed by atoms with Crippen LogP contribution in [0.1, 0.15) is 59.8 Å². The number of aliphatic carboxylic acids is 2. The Hall–Kier alpha value is -3.34. The van der Waals surface area contributed by atoms with Gasteiger partial charge in [0.15, 0.2) is 0 Å². The first-order valence-electron chi connectivity index (χ1n) is 13.0. The van der Waals surface area contributed by atoms with Crippen LogP contribution in [0.4, 0.5) is 0 Å². The van der Waals surface area contributed by atoms with Gasteiger partial charge in [0.1, 0.15) is 30.2 Å². The Morgan fingerprint density at radius 3 is 1.70 bits per heavy atom. The normalized spacial score (nSPS) is 17.1. The van der Waals surface area contributed by atoms with Crippen LogP contribution in [-0.4, -0.2) is 105 Å². The maximum absolute atomic E-state index is 13.2. The molecular formula is C24H44N6O10. The number of amides is 4. The Bertz CT molecular complexity index is 884. The van der Waals surface area contributed by atoms with Crippen molar-refractivity contribution in [3.63, 3.8) is 0 Å². The van der Waals surface area contributed by atoms with Gasteiger partial charge in [0.05, 0.1) is 18.6 Å². The molecular weight excluding hydrogens is 532 g/mol. The number of carbonyl (C=O) groups is 6. The summed E-state index contributed by atoms with van der Waals surface area (Å²) in [6.07, 6.45) is -2.13. The third-order valence-corrected chi connectivity index (χ3v) is 6.25. The molecule has 12 N–H and O–H groups in total. The highest BCUT2D eigenvalue weighted by Crippen LogP contribution is 2.11. The van der Waals surface area contributed by atoms with Crippen LogP contribution >= 0.6 is 0 Å². The molecule has 0 aliphatic rings. The minimum Gasteiger partial charge on any atom is -0.481 e. The summed E-state index contributed by atoms with van der Waals surface area (Å²) in [7, 11) is 0. The highest BCUT2D eigenvalue weighted by molar-refractivity contribution is 5.96. The molecule has 0 aromatic heterocycles. The van der Waals surface area contributed by atoms with E-state index in [9.17, 15) is 44.1 Å². The first-order valence-corrected chi connectivity index (χ1v) is 13.0. The Balaban J connectivity index is 5.85. The summed E-state index contributed by atoms with van der Waals surface area (Å²) >= 11 is 0. The fraction of sp³-hybridized carbons (Fsp3) is 0.750. The highest BCUT2D eigenvalue weighted by atomic mass is 16.4. The third-order valence-electron chi connectivity index (χ3n) is 6.25. The van der Waals surface area contributed by atoms with Crippen molar-refractivity contribution in [2.45, 2.75) is 102 Å². The van der Waals surface area contributed by atoms with Crippen molar-refractivity contribution in [1.29, 1.82) is 0 Å². The number of nitrogens with two attached hydrogens (primary N) is 2. The van der Waals surface area contributed by atoms with Gasteiger partial charge in [-0.1, -0.05) is 20.3 Å². The van der Waals surface area contributed by atoms with E-state index < -0.39 is 90.3 Å². The van der Waals surface area contributed by atoms with Crippen molar-refractivity contribution in [1.82, 2.24) is 21.3 Å². The number of hydrogen-bond acceptors (Lipinski definition) is 10. The SMILES string of the molecule is CC[C@H](C)[C@H](NC(=O)[C@H](CCCCN)NC(=O)[C@@H](N)[C@@H](C)O)C(=O)N[C@H](C(=O)N[C@@H](CC(=O)O)C(=O)O)[C@@H](C)O. The average Bonchev–Trinajstić information content (AvgIpc) is 2.87. The van der Waals surface area contributed by atoms with Gasteiger partial charge < -0.3 is 53.2 Å². The first kappa shape index (κ1) is 36.7. The van der Waals surface area contributed by atoms with E-state index in [1.807, 2.05) is 5.32 Å². The molecule has 40 heavy (non-hydrogen) atoms. The lowest BCUT2D eigenvalue weighted by molar-refractivity contribution is -0.148. The second-order valence-corrected chi connectivity index (χ2v) is 9.71. The van der Waals surface area contributed by atoms with Gasteiger partial charge in [-0.05, 0) is 45.6 Å². The van der Waals surface area contributed by atoms with Gasteiger partial charge in [-0.25, -0.2) is 4.79 Å². The van der Waals surface area contributed by atoms with E-state index in [4.69, 9.17) is 16.6 Å². The van der Waals surface area contributed by atoms with Crippen LogP contribution in [-0.2, 0) is 28.8 Å². The van der Waals surface area contributed by atoms with E-state index in [0.717, 1.165) is 6.92 Å². The van der Waals surface area contributed by atoms with Crippen molar-refractivity contribution in [3.8, 4) is 0 Å². The van der Waals surface area contributed by atoms with Crippen LogP contribution < -0.4 is 32.7 Å². The molecule has 0 saturated carbocycles. The summed E-state index contributed by atoms with van der Waals surface area (Å²) in [4.78, 5) is 73.7. The Morgan fingerprint density at radius 1 is 0.725 bits per heavy atom. The van der Waals surface area contributed by atoms with Gasteiger partial charge in [-0.3, -0.25) is 24.0 Å². The highest BCUT2D eigenvalue weighted by Gasteiger charge is 2.35. The number of aliphatic hydroxyl groups excluding tert-OH is 2. The lowest BCUT2D eigenvalue weighted by Gasteiger charge is -2.29. The van der Waals surface area contributed by atoms with Crippen LogP contribution in [0, 0.1) is 5.92 Å². The third kappa shape index (κ3) is 12.7. The van der Waals surface area contributed by atoms with Gasteiger partial charge in [0.2, 0.25) is 23.6 Å². The topological polar surface area (TPSA) is 284 Å². The molecule has 16 nitrogen and oxygen atoms in total. The van der Waals surface area contributed by atoms with Crippen molar-refractivity contribution in [2.24, 2.45) is 17.4 Å². The summed E-state index contributed by atoms with van der Waals surface area (Å²) in [6.45, 7) is 6.18. The number of carboxylic acids is 2. The maximum atomic E-state index is 13.2. The molecule has 4 amide bonds. The summed E-state index contributed by atoms with van der Waals surface area (Å²) in [5, 5.41) is 47.1. The monoisotopic (exact) mass is 576 g/mol. The summed E-state index contributed by atoms with van der Waals surface area (Å²) in [5.41, 5.74) is 11.2. The van der Waals surface area contributed by atoms with E-state index >= 15 is 0 Å². The molecule has 0 bridgehead atoms. The molecule has 16 heteroatoms. The van der Waals surface area contributed by atoms with E-state index in [1.54, 1.807) is 13.8 Å². The quantitative estimate of drug-likeness (QED) is 0.0678. The number of hydrogen-bond donors (Lipinski definition) is 10. The predicted molar refractivity (Wildman–Crippen MR) is 141 cm³/mol. The lowest BCUT2D eigenvalue weighted by atomic mass is 9.96. The Morgan fingerprint density at radius 2 is 1.25 bits per heavy atom. The lowest BCUT2D eigenvalue weighted by Crippen LogP contribution is -2.62. The summed E-state index contributed by atoms with van der Waals surface area (Å²) in [5.74, 6) is -7.18. The minimum atomic E-state index is -1.82. The summed E-state index contributed by atoms with van der Waals surface area (Å²) < 4.78 is 0. The second kappa shape index (κ2) is 18.1. The molecule has 0 fully saturated rings. The molecule has 8 atom stereocenters. The van der Waals surface area contributed by atoms with E-state index in [0.29, 0.717) is 25.8 Å². The van der Waals surface area contributed by atoms with Crippen molar-refractivity contribution in [2.75, 3.05) is 6.54 Å². The zero-order valence-electron chi connectivity index (χ0n) is 23.3. The number of carboxylic acid groups (broad SMARTS) is 2. The molecule has 0 aromatic rings. The standard InChI is InChI=1S/C24H44N6O10/c1-5-11(2)18(29-20(35)14(8-6-7-9-25)27-21(36)17(26)12(3)31)22(37)30-19(13(4)32)23(38)28-15(24(39)40)10-16(33)34/h11-15,17-19,31-32H,5-10,25-26H2,1-4H3,(H,27,36)(H,28,38)(H,29,35)(H,30,37)(H,33,34)(H,39,40)/t11-,12+,13+,14-,15-,17-,18-,19-/m0/s1. The van der Waals surface area contributed by atoms with Gasteiger partial charge >= 0.3 is 11.9 Å². The van der Waals surface area contributed by atoms with Crippen molar-refractivity contribution >= 4 is 35.6 Å². The molecule has 0 unspecified atom stereocenters. The Labute approximate surface area is 232 Å². The number of unbranched alkanes of at least 4 members (excludes halogenated alkanes) is 1. The van der Waals surface area contributed by atoms with Gasteiger partial charge in [-0.2, -0.15) is 0 Å². The van der Waals surface area contributed by atoms with E-state index in [2.05, 4.69) is 16.0 Å². The molecule has 0 aliphatic carbocycles. The molecule has 0 aliphatic heterocycles. The van der Waals surface area contributed by atoms with E-state index in [-0.39, 0.29) is 6.42 Å². The predicted octanol–water partition coefficient (Wildman–Crippen LogP) is -3.25. The molecule has 0 spiro atoms. The van der Waals surface area contributed by atoms with Crippen LogP contribution in [0.15, 0.2) is 0 Å². The first-order chi connectivity index (χ1) is 18.6. The maximum Gasteiger partial charge on any atom is 0.326 e. The zero-order chi connectivity index (χ0) is 31.2. The molecule has 0 rings (SSSR count). The van der Waals surface area contributed by atoms with Crippen molar-refractivity contribution < 1.29 is 49.2 Å². The summed E-state index contributed by atoms with van der Waals surface area (Å²) in [6, 6.07) is -7.19. The number of rotatable bonds is 19. The van der Waals surface area contributed by atoms with Gasteiger partial charge in [-0.15, -0.1) is 0 Å². The van der Waals surface area contributed by atoms with Crippen LogP contribution in [0.3, 0.4) is 0 Å². The Kier molecular flexibility index (Phi) is 16.6. The second-order valence-electron chi connectivity index (χ2n) is 9.71. The fourth-order valence-electron chi connectivity index (χ4n) is 3.49. The number of aliphatic hydroxyl groups is 2. The number of carbonyl (C=O) groups excluding carboxylic acids is 4. The van der Waals surface area contributed by atoms with Crippen LogP contribution in [0.2, 0.25) is 0 Å².